The van der Waals surface area contributed by atoms with Crippen molar-refractivity contribution in [3.05, 3.63) is 74.1 Å². The molecule has 118 valence electrons. The number of aromatic amines is 1. The summed E-state index contributed by atoms with van der Waals surface area (Å²) >= 11 is 0. The Balaban J connectivity index is 2.22. The maximum Gasteiger partial charge on any atom is 0.433 e. The molecular weight excluding hydrogens is 310 g/mol. The zero-order valence-electron chi connectivity index (χ0n) is 12.6. The number of nitro groups is 1. The molecule has 0 bridgehead atoms. The molecule has 0 aliphatic heterocycles. The molecule has 1 aromatic carbocycles. The number of nitrogens with one attached hydrogen (secondary N) is 1. The second-order valence-corrected chi connectivity index (χ2v) is 5.18. The maximum atomic E-state index is 12.2. The normalized spacial score (nSPS) is 10.3. The number of hydrogen-bond acceptors (Lipinski definition) is 5. The monoisotopic (exact) mass is 321 g/mol. The molecule has 0 fully saturated rings. The van der Waals surface area contributed by atoms with Crippen LogP contribution in [0.4, 0.5) is 5.88 Å². The molecule has 0 radical (unpaired) electrons. The highest BCUT2D eigenvalue weighted by atomic mass is 16.6. The fraction of sp³-hybridized carbons (Fsp3) is 0.0588. The smallest absolute Gasteiger partial charge is 0.401 e. The molecule has 0 saturated heterocycles. The molecule has 3 rings (SSSR count). The first-order valence-electron chi connectivity index (χ1n) is 6.98. The Labute approximate surface area is 135 Å². The minimum Gasteiger partial charge on any atom is -0.401 e. The number of pyridine rings is 1. The molecule has 0 aliphatic rings. The lowest BCUT2D eigenvalue weighted by Crippen LogP contribution is -2.12. The first kappa shape index (κ1) is 15.2. The van der Waals surface area contributed by atoms with Crippen molar-refractivity contribution in [2.75, 3.05) is 0 Å². The Morgan fingerprint density at radius 2 is 2.04 bits per heavy atom. The maximum absolute atomic E-state index is 12.2. The van der Waals surface area contributed by atoms with Crippen LogP contribution in [0.25, 0.3) is 22.6 Å². The second kappa shape index (κ2) is 5.85. The Hall–Kier alpha value is -3.66. The molecule has 0 amide bonds. The van der Waals surface area contributed by atoms with Gasteiger partial charge in [0.05, 0.1) is 6.07 Å². The number of rotatable bonds is 3. The van der Waals surface area contributed by atoms with Crippen LogP contribution in [-0.2, 0) is 0 Å². The van der Waals surface area contributed by atoms with Crippen LogP contribution in [0.2, 0.25) is 0 Å². The van der Waals surface area contributed by atoms with Gasteiger partial charge in [-0.15, -0.1) is 0 Å². The topological polar surface area (TPSA) is 113 Å². The highest BCUT2D eigenvalue weighted by Gasteiger charge is 2.18. The van der Waals surface area contributed by atoms with Gasteiger partial charge < -0.3 is 9.40 Å². The summed E-state index contributed by atoms with van der Waals surface area (Å²) in [5.41, 5.74) is 1.75. The summed E-state index contributed by atoms with van der Waals surface area (Å²) in [6.07, 6.45) is 0. The third kappa shape index (κ3) is 2.68. The Kier molecular flexibility index (Phi) is 3.72. The number of aromatic nitrogens is 1. The molecule has 0 unspecified atom stereocenters. The highest BCUT2D eigenvalue weighted by Crippen LogP contribution is 2.30. The van der Waals surface area contributed by atoms with Gasteiger partial charge >= 0.3 is 5.88 Å². The van der Waals surface area contributed by atoms with E-state index in [1.54, 1.807) is 6.07 Å². The van der Waals surface area contributed by atoms with Crippen LogP contribution in [0.1, 0.15) is 11.1 Å². The summed E-state index contributed by atoms with van der Waals surface area (Å²) in [5.74, 6) is -0.357. The standard InChI is InChI=1S/C17H11N3O4/c1-10-3-2-4-11(7-10)14-8-12(13(9-18)17(21)19-14)15-5-6-16(24-15)20(22)23/h2-8H,1H3,(H,19,21). The minimum atomic E-state index is -0.676. The zero-order chi connectivity index (χ0) is 17.3. The van der Waals surface area contributed by atoms with E-state index in [2.05, 4.69) is 4.98 Å². The number of benzene rings is 1. The average molecular weight is 321 g/mol. The van der Waals surface area contributed by atoms with Gasteiger partial charge in [-0.1, -0.05) is 23.8 Å². The van der Waals surface area contributed by atoms with Crippen molar-refractivity contribution in [3.63, 3.8) is 0 Å². The molecular formula is C17H11N3O4. The lowest BCUT2D eigenvalue weighted by atomic mass is 10.0. The second-order valence-electron chi connectivity index (χ2n) is 5.18. The first-order valence-corrected chi connectivity index (χ1v) is 6.98. The third-order valence-electron chi connectivity index (χ3n) is 3.51. The van der Waals surface area contributed by atoms with E-state index in [4.69, 9.17) is 4.42 Å². The summed E-state index contributed by atoms with van der Waals surface area (Å²) in [7, 11) is 0. The Morgan fingerprint density at radius 3 is 2.67 bits per heavy atom. The molecule has 0 saturated carbocycles. The molecule has 24 heavy (non-hydrogen) atoms. The van der Waals surface area contributed by atoms with Gasteiger partial charge in [-0.05, 0) is 30.7 Å². The lowest BCUT2D eigenvalue weighted by molar-refractivity contribution is -0.401. The summed E-state index contributed by atoms with van der Waals surface area (Å²) in [6, 6.07) is 13.4. The van der Waals surface area contributed by atoms with Gasteiger partial charge in [0, 0.05) is 11.3 Å². The van der Waals surface area contributed by atoms with Crippen LogP contribution in [0.3, 0.4) is 0 Å². The molecule has 2 aromatic heterocycles. The average Bonchev–Trinajstić information content (AvgIpc) is 3.04. The first-order chi connectivity index (χ1) is 11.5. The predicted molar refractivity (Wildman–Crippen MR) is 86.3 cm³/mol. The fourth-order valence-electron chi connectivity index (χ4n) is 2.40. The molecule has 1 N–H and O–H groups in total. The van der Waals surface area contributed by atoms with Gasteiger partial charge in [0.1, 0.15) is 22.3 Å². The molecule has 7 heteroatoms. The number of hydrogen-bond donors (Lipinski definition) is 1. The van der Waals surface area contributed by atoms with Crippen LogP contribution in [-0.4, -0.2) is 9.91 Å². The van der Waals surface area contributed by atoms with Crippen molar-refractivity contribution in [1.29, 1.82) is 5.26 Å². The van der Waals surface area contributed by atoms with E-state index in [-0.39, 0.29) is 16.9 Å². The number of furan rings is 1. The molecule has 0 spiro atoms. The zero-order valence-corrected chi connectivity index (χ0v) is 12.6. The van der Waals surface area contributed by atoms with Crippen molar-refractivity contribution in [2.24, 2.45) is 0 Å². The van der Waals surface area contributed by atoms with Crippen LogP contribution in [0, 0.1) is 28.4 Å². The van der Waals surface area contributed by atoms with E-state index in [1.165, 1.54) is 12.1 Å². The van der Waals surface area contributed by atoms with E-state index < -0.39 is 16.4 Å². The van der Waals surface area contributed by atoms with Crippen molar-refractivity contribution < 1.29 is 9.34 Å². The molecule has 3 aromatic rings. The number of nitriles is 1. The molecule has 0 atom stereocenters. The predicted octanol–water partition coefficient (Wildman–Crippen LogP) is 3.39. The quantitative estimate of drug-likeness (QED) is 0.586. The fourth-order valence-corrected chi connectivity index (χ4v) is 2.40. The third-order valence-corrected chi connectivity index (χ3v) is 3.51. The lowest BCUT2D eigenvalue weighted by Gasteiger charge is -2.06. The van der Waals surface area contributed by atoms with Crippen molar-refractivity contribution in [2.45, 2.75) is 6.92 Å². The number of aryl methyl sites for hydroxylation is 1. The summed E-state index contributed by atoms with van der Waals surface area (Å²) < 4.78 is 5.14. The number of nitrogens with zero attached hydrogens (tertiary/aromatic N) is 2. The van der Waals surface area contributed by atoms with Crippen molar-refractivity contribution in [3.8, 4) is 28.7 Å². The summed E-state index contributed by atoms with van der Waals surface area (Å²) in [5, 5.41) is 20.0. The molecule has 0 aliphatic carbocycles. The number of H-pyrrole nitrogens is 1. The van der Waals surface area contributed by atoms with Gasteiger partial charge in [-0.2, -0.15) is 5.26 Å². The van der Waals surface area contributed by atoms with E-state index in [1.807, 2.05) is 37.3 Å². The molecule has 2 heterocycles. The van der Waals surface area contributed by atoms with Crippen LogP contribution < -0.4 is 5.56 Å². The van der Waals surface area contributed by atoms with Crippen molar-refractivity contribution in [1.82, 2.24) is 4.98 Å². The van der Waals surface area contributed by atoms with Crippen LogP contribution >= 0.6 is 0 Å². The largest absolute Gasteiger partial charge is 0.433 e. The summed E-state index contributed by atoms with van der Waals surface area (Å²) in [6.45, 7) is 1.92. The van der Waals surface area contributed by atoms with E-state index in [9.17, 15) is 20.2 Å². The minimum absolute atomic E-state index is 0.0956. The van der Waals surface area contributed by atoms with Gasteiger partial charge in [0.15, 0.2) is 0 Å². The van der Waals surface area contributed by atoms with E-state index in [0.717, 1.165) is 11.1 Å². The van der Waals surface area contributed by atoms with Gasteiger partial charge in [-0.3, -0.25) is 14.9 Å². The SMILES string of the molecule is Cc1cccc(-c2cc(-c3ccc([N+](=O)[O-])o3)c(C#N)c(=O)[nH]2)c1. The van der Waals surface area contributed by atoms with Crippen LogP contribution in [0.5, 0.6) is 0 Å². The highest BCUT2D eigenvalue weighted by molar-refractivity contribution is 5.73. The van der Waals surface area contributed by atoms with E-state index in [0.29, 0.717) is 5.69 Å². The van der Waals surface area contributed by atoms with E-state index >= 15 is 0 Å². The molecule has 7 nitrogen and oxygen atoms in total. The van der Waals surface area contributed by atoms with Gasteiger partial charge in [0.25, 0.3) is 5.56 Å². The Bertz CT molecular complexity index is 1040. The van der Waals surface area contributed by atoms with Gasteiger partial charge in [-0.25, -0.2) is 0 Å². The van der Waals surface area contributed by atoms with Crippen molar-refractivity contribution >= 4 is 5.88 Å². The van der Waals surface area contributed by atoms with Crippen LogP contribution in [0.15, 0.2) is 51.7 Å². The van der Waals surface area contributed by atoms with Gasteiger partial charge in [0.2, 0.25) is 0 Å². The summed E-state index contributed by atoms with van der Waals surface area (Å²) in [4.78, 5) is 25.0. The Morgan fingerprint density at radius 1 is 1.25 bits per heavy atom.